The van der Waals surface area contributed by atoms with E-state index in [4.69, 9.17) is 11.6 Å². The van der Waals surface area contributed by atoms with E-state index < -0.39 is 0 Å². The van der Waals surface area contributed by atoms with Crippen molar-refractivity contribution in [3.63, 3.8) is 0 Å². The van der Waals surface area contributed by atoms with Gasteiger partial charge in [0.2, 0.25) is 0 Å². The van der Waals surface area contributed by atoms with Crippen molar-refractivity contribution in [2.45, 2.75) is 32.9 Å². The van der Waals surface area contributed by atoms with Crippen molar-refractivity contribution < 1.29 is 0 Å². The molecular weight excluding hydrogens is 988 g/mol. The van der Waals surface area contributed by atoms with Crippen LogP contribution in [0.15, 0.2) is 303 Å². The van der Waals surface area contributed by atoms with Crippen molar-refractivity contribution in [3.8, 4) is 11.1 Å². The van der Waals surface area contributed by atoms with Gasteiger partial charge in [-0.3, -0.25) is 9.80 Å². The highest BCUT2D eigenvalue weighted by atomic mass is 35.5. The molecule has 0 aliphatic carbocycles. The fraction of sp³-hybridized carbons (Fsp3) is 0.117. The van der Waals surface area contributed by atoms with Gasteiger partial charge in [0.05, 0.1) is 0 Å². The average Bonchev–Trinajstić information content (AvgIpc) is 3.52. The van der Waals surface area contributed by atoms with E-state index in [1.165, 1.54) is 94.6 Å². The maximum atomic E-state index is 6.64. The van der Waals surface area contributed by atoms with Gasteiger partial charge in [-0.15, -0.1) is 0 Å². The minimum atomic E-state index is 0.0825. The van der Waals surface area contributed by atoms with Gasteiger partial charge in [0.25, 0.3) is 0 Å². The van der Waals surface area contributed by atoms with Gasteiger partial charge in [0, 0.05) is 43.3 Å². The van der Waals surface area contributed by atoms with Crippen LogP contribution in [0.2, 0.25) is 5.02 Å². The van der Waals surface area contributed by atoms with Gasteiger partial charge in [-0.05, 0) is 128 Å². The Balaban J connectivity index is 0.971. The van der Waals surface area contributed by atoms with E-state index in [0.29, 0.717) is 6.54 Å². The van der Waals surface area contributed by atoms with Crippen molar-refractivity contribution >= 4 is 33.9 Å². The van der Waals surface area contributed by atoms with E-state index in [0.717, 1.165) is 24.7 Å². The molecule has 394 valence electrons. The lowest BCUT2D eigenvalue weighted by Crippen LogP contribution is -2.28. The normalized spacial score (nSPS) is 12.5. The summed E-state index contributed by atoms with van der Waals surface area (Å²) < 4.78 is 0. The number of benzene rings is 10. The number of hydrogen-bond donors (Lipinski definition) is 0. The molecule has 10 aromatic carbocycles. The van der Waals surface area contributed by atoms with E-state index in [-0.39, 0.29) is 12.1 Å². The van der Waals surface area contributed by atoms with Gasteiger partial charge in [-0.25, -0.2) is 0 Å². The summed E-state index contributed by atoms with van der Waals surface area (Å²) in [6.45, 7) is 9.73. The Bertz CT molecular complexity index is 3580. The molecule has 10 rings (SSSR count). The number of rotatable bonds is 21. The predicted molar refractivity (Wildman–Crippen MR) is 341 cm³/mol. The molecule has 2 atom stereocenters. The molecule has 0 bridgehead atoms. The van der Waals surface area contributed by atoms with Crippen molar-refractivity contribution in [2.75, 3.05) is 26.2 Å². The summed E-state index contributed by atoms with van der Waals surface area (Å²) in [5, 5.41) is 0.744. The quantitative estimate of drug-likeness (QED) is 0.0708. The van der Waals surface area contributed by atoms with Gasteiger partial charge in [-0.2, -0.15) is 0 Å². The summed E-state index contributed by atoms with van der Waals surface area (Å²) in [7, 11) is 0. The number of aryl methyl sites for hydroxylation is 1. The first-order valence-electron chi connectivity index (χ1n) is 28.0. The Hall–Kier alpha value is -8.63. The molecule has 2 unspecified atom stereocenters. The SMILES string of the molecule is Cc1ccc(C(C)N(CC=C(c2ccccc2)c2ccccc2)CC=C(c2ccccc2)c2cccc(-c3ccc(C(=CCN(CC=C(c4ccccc4)c4ccccc4)C(C)c4cccc(Cl)c4)c4ccccc4)cc3)c2)cc1. The molecule has 0 radical (unpaired) electrons. The lowest BCUT2D eigenvalue weighted by atomic mass is 9.92. The Morgan fingerprint density at radius 2 is 0.637 bits per heavy atom. The van der Waals surface area contributed by atoms with Crippen LogP contribution in [0.25, 0.3) is 33.4 Å². The molecule has 2 nitrogen and oxygen atoms in total. The van der Waals surface area contributed by atoms with Gasteiger partial charge < -0.3 is 0 Å². The molecular formula is C77H69ClN2. The van der Waals surface area contributed by atoms with Crippen LogP contribution in [0.3, 0.4) is 0 Å². The lowest BCUT2D eigenvalue weighted by Gasteiger charge is -2.28. The fourth-order valence-electron chi connectivity index (χ4n) is 10.7. The maximum Gasteiger partial charge on any atom is 0.0409 e. The van der Waals surface area contributed by atoms with Crippen LogP contribution in [0.4, 0.5) is 0 Å². The first-order chi connectivity index (χ1) is 39.3. The molecule has 0 fully saturated rings. The van der Waals surface area contributed by atoms with Crippen molar-refractivity contribution in [3.05, 3.63) is 370 Å². The molecule has 0 heterocycles. The number of nitrogens with zero attached hydrogens (tertiary/aromatic N) is 2. The average molecular weight is 1060 g/mol. The van der Waals surface area contributed by atoms with Crippen LogP contribution >= 0.6 is 11.6 Å². The third-order valence-electron chi connectivity index (χ3n) is 15.3. The number of hydrogen-bond acceptors (Lipinski definition) is 2. The highest BCUT2D eigenvalue weighted by molar-refractivity contribution is 6.30. The highest BCUT2D eigenvalue weighted by Gasteiger charge is 2.19. The van der Waals surface area contributed by atoms with Crippen LogP contribution in [-0.2, 0) is 0 Å². The van der Waals surface area contributed by atoms with Crippen molar-refractivity contribution in [1.29, 1.82) is 0 Å². The zero-order valence-electron chi connectivity index (χ0n) is 46.1. The molecule has 0 aliphatic rings. The smallest absolute Gasteiger partial charge is 0.0409 e. The molecule has 0 saturated heterocycles. The zero-order valence-corrected chi connectivity index (χ0v) is 46.9. The van der Waals surface area contributed by atoms with Gasteiger partial charge in [0.15, 0.2) is 0 Å². The third-order valence-corrected chi connectivity index (χ3v) is 15.6. The first-order valence-corrected chi connectivity index (χ1v) is 28.4. The topological polar surface area (TPSA) is 6.48 Å². The Morgan fingerprint density at radius 1 is 0.312 bits per heavy atom. The molecule has 0 aromatic heterocycles. The summed E-state index contributed by atoms with van der Waals surface area (Å²) in [6.07, 6.45) is 9.65. The van der Waals surface area contributed by atoms with Crippen LogP contribution in [0.1, 0.15) is 87.1 Å². The molecule has 0 amide bonds. The number of halogens is 1. The van der Waals surface area contributed by atoms with Crippen LogP contribution in [-0.4, -0.2) is 36.0 Å². The summed E-state index contributed by atoms with van der Waals surface area (Å²) >= 11 is 6.64. The minimum absolute atomic E-state index is 0.0825. The Morgan fingerprint density at radius 3 is 1.01 bits per heavy atom. The largest absolute Gasteiger partial charge is 0.289 e. The van der Waals surface area contributed by atoms with E-state index in [1.807, 2.05) is 6.07 Å². The Labute approximate surface area is 480 Å². The van der Waals surface area contributed by atoms with E-state index in [9.17, 15) is 0 Å². The maximum absolute atomic E-state index is 6.64. The summed E-state index contributed by atoms with van der Waals surface area (Å²) in [6, 6.07) is 100. The fourth-order valence-corrected chi connectivity index (χ4v) is 10.9. The van der Waals surface area contributed by atoms with Crippen LogP contribution in [0.5, 0.6) is 0 Å². The molecule has 3 heteroatoms. The van der Waals surface area contributed by atoms with Crippen LogP contribution in [0, 0.1) is 6.92 Å². The standard InChI is InChI=1S/C77H69ClN2/c1-58-40-42-61(43-41-58)59(2)79(52-48-74(63-24-10-4-11-25-63)64-26-12-5-13-27-64)55-51-77(68-34-20-9-21-35-68)72-38-22-37-71(56-72)62-44-46-69(47-45-62)76(67-32-18-8-19-33-67)50-54-80(60(3)70-36-23-39-73(78)57-70)53-49-75(65-28-14-6-15-29-65)66-30-16-7-17-31-66/h4-51,56-57,59-60H,52-55H2,1-3H3. The Kier molecular flexibility index (Phi) is 18.7. The monoisotopic (exact) mass is 1060 g/mol. The minimum Gasteiger partial charge on any atom is -0.289 e. The van der Waals surface area contributed by atoms with Gasteiger partial charge in [-0.1, -0.05) is 302 Å². The molecule has 80 heavy (non-hydrogen) atoms. The molecule has 0 saturated carbocycles. The summed E-state index contributed by atoms with van der Waals surface area (Å²) in [5.74, 6) is 0. The zero-order chi connectivity index (χ0) is 54.9. The lowest BCUT2D eigenvalue weighted by molar-refractivity contribution is 0.260. The van der Waals surface area contributed by atoms with Crippen molar-refractivity contribution in [2.24, 2.45) is 0 Å². The molecule has 0 N–H and O–H groups in total. The highest BCUT2D eigenvalue weighted by Crippen LogP contribution is 2.34. The van der Waals surface area contributed by atoms with Gasteiger partial charge >= 0.3 is 0 Å². The molecule has 0 aliphatic heterocycles. The van der Waals surface area contributed by atoms with E-state index in [2.05, 4.69) is 328 Å². The van der Waals surface area contributed by atoms with Crippen LogP contribution < -0.4 is 0 Å². The second-order valence-corrected chi connectivity index (χ2v) is 21.0. The molecule has 0 spiro atoms. The van der Waals surface area contributed by atoms with Gasteiger partial charge in [0.1, 0.15) is 0 Å². The van der Waals surface area contributed by atoms with E-state index in [1.54, 1.807) is 0 Å². The van der Waals surface area contributed by atoms with E-state index >= 15 is 0 Å². The molecule has 10 aromatic rings. The van der Waals surface area contributed by atoms with Crippen molar-refractivity contribution in [1.82, 2.24) is 9.80 Å². The third kappa shape index (κ3) is 14.2. The second-order valence-electron chi connectivity index (χ2n) is 20.6. The predicted octanol–water partition coefficient (Wildman–Crippen LogP) is 19.6. The first kappa shape index (κ1) is 54.7. The second kappa shape index (κ2) is 27.3. The summed E-state index contributed by atoms with van der Waals surface area (Å²) in [5.41, 5.74) is 20.5. The summed E-state index contributed by atoms with van der Waals surface area (Å²) in [4.78, 5) is 5.12.